The summed E-state index contributed by atoms with van der Waals surface area (Å²) in [6.45, 7) is 8.68. The second-order valence-corrected chi connectivity index (χ2v) is 9.19. The molecule has 0 radical (unpaired) electrons. The van der Waals surface area contributed by atoms with Crippen LogP contribution in [0.1, 0.15) is 30.7 Å². The first kappa shape index (κ1) is 21.9. The van der Waals surface area contributed by atoms with Crippen molar-refractivity contribution in [3.63, 3.8) is 0 Å². The van der Waals surface area contributed by atoms with Crippen LogP contribution in [0.5, 0.6) is 0 Å². The quantitative estimate of drug-likeness (QED) is 0.521. The highest BCUT2D eigenvalue weighted by molar-refractivity contribution is 5.95. The van der Waals surface area contributed by atoms with Crippen LogP contribution in [0.4, 0.5) is 4.39 Å². The van der Waals surface area contributed by atoms with Crippen molar-refractivity contribution >= 4 is 16.8 Å². The van der Waals surface area contributed by atoms with E-state index in [2.05, 4.69) is 21.9 Å². The zero-order valence-corrected chi connectivity index (χ0v) is 18.7. The van der Waals surface area contributed by atoms with Gasteiger partial charge in [0.2, 0.25) is 5.90 Å². The number of nitrogens with one attached hydrogen (secondary N) is 1. The van der Waals surface area contributed by atoms with E-state index in [0.29, 0.717) is 37.2 Å². The average molecular weight is 452 g/mol. The molecular formula is C25H30FN5O2. The van der Waals surface area contributed by atoms with Gasteiger partial charge in [0.15, 0.2) is 0 Å². The van der Waals surface area contributed by atoms with E-state index >= 15 is 0 Å². The number of likely N-dealkylation sites (tertiary alicyclic amines) is 1. The van der Waals surface area contributed by atoms with Crippen LogP contribution in [-0.4, -0.2) is 54.2 Å². The largest absolute Gasteiger partial charge is 0.476 e. The summed E-state index contributed by atoms with van der Waals surface area (Å²) in [6.07, 6.45) is 4.86. The highest BCUT2D eigenvalue weighted by Crippen LogP contribution is 2.35. The number of halogens is 1. The fourth-order valence-electron chi connectivity index (χ4n) is 5.34. The number of nitrogens with two attached hydrogens (primary N) is 1. The molecule has 8 heteroatoms. The second kappa shape index (κ2) is 9.11. The van der Waals surface area contributed by atoms with Crippen LogP contribution < -0.4 is 16.7 Å². The van der Waals surface area contributed by atoms with E-state index in [1.54, 1.807) is 22.8 Å². The summed E-state index contributed by atoms with van der Waals surface area (Å²) < 4.78 is 21.9. The van der Waals surface area contributed by atoms with Gasteiger partial charge in [0.1, 0.15) is 5.82 Å². The van der Waals surface area contributed by atoms with E-state index in [4.69, 9.17) is 10.6 Å². The molecule has 2 saturated heterocycles. The number of aromatic nitrogens is 1. The summed E-state index contributed by atoms with van der Waals surface area (Å²) in [7, 11) is 0. The van der Waals surface area contributed by atoms with Gasteiger partial charge in [-0.25, -0.2) is 4.39 Å². The molecule has 1 atom stereocenters. The van der Waals surface area contributed by atoms with E-state index in [1.807, 2.05) is 6.08 Å². The second-order valence-electron chi connectivity index (χ2n) is 9.19. The first-order chi connectivity index (χ1) is 16.0. The third-order valence-corrected chi connectivity index (χ3v) is 7.01. The van der Waals surface area contributed by atoms with Gasteiger partial charge in [0.25, 0.3) is 5.56 Å². The summed E-state index contributed by atoms with van der Waals surface area (Å²) in [5.41, 5.74) is 3.40. The first-order valence-electron chi connectivity index (χ1n) is 11.6. The molecule has 0 bridgehead atoms. The lowest BCUT2D eigenvalue weighted by Crippen LogP contribution is -2.44. The molecule has 1 aromatic carbocycles. The van der Waals surface area contributed by atoms with E-state index < -0.39 is 0 Å². The van der Waals surface area contributed by atoms with Crippen LogP contribution in [0.15, 0.2) is 58.0 Å². The van der Waals surface area contributed by atoms with Gasteiger partial charge in [-0.15, -0.1) is 5.10 Å². The molecule has 1 aromatic heterocycles. The van der Waals surface area contributed by atoms with Crippen LogP contribution in [0.2, 0.25) is 0 Å². The number of piperidine rings is 1. The van der Waals surface area contributed by atoms with Crippen LogP contribution in [-0.2, 0) is 11.3 Å². The van der Waals surface area contributed by atoms with E-state index in [9.17, 15) is 9.18 Å². The van der Waals surface area contributed by atoms with E-state index in [1.165, 1.54) is 6.07 Å². The number of hydrogen-bond acceptors (Lipinski definition) is 6. The molecule has 0 spiro atoms. The van der Waals surface area contributed by atoms with E-state index in [0.717, 1.165) is 60.9 Å². The Morgan fingerprint density at radius 3 is 2.88 bits per heavy atom. The molecule has 0 amide bonds. The molecule has 4 heterocycles. The van der Waals surface area contributed by atoms with Crippen LogP contribution in [0, 0.1) is 5.82 Å². The summed E-state index contributed by atoms with van der Waals surface area (Å²) in [5, 5.41) is 8.21. The fraction of sp³-hybridized carbons (Fsp3) is 0.440. The third-order valence-electron chi connectivity index (χ3n) is 7.01. The van der Waals surface area contributed by atoms with Gasteiger partial charge in [0.05, 0.1) is 12.1 Å². The molecule has 33 heavy (non-hydrogen) atoms. The maximum Gasteiger partial charge on any atom is 0.251 e. The van der Waals surface area contributed by atoms with Gasteiger partial charge in [-0.3, -0.25) is 4.79 Å². The Bertz CT molecular complexity index is 1190. The molecule has 0 saturated carbocycles. The van der Waals surface area contributed by atoms with Gasteiger partial charge >= 0.3 is 0 Å². The van der Waals surface area contributed by atoms with Crippen molar-refractivity contribution in [2.24, 2.45) is 10.9 Å². The van der Waals surface area contributed by atoms with Crippen LogP contribution >= 0.6 is 0 Å². The van der Waals surface area contributed by atoms with Gasteiger partial charge in [0, 0.05) is 55.2 Å². The lowest BCUT2D eigenvalue weighted by atomic mass is 9.96. The maximum atomic E-state index is 14.7. The molecule has 1 unspecified atom stereocenters. The molecule has 2 fully saturated rings. The summed E-state index contributed by atoms with van der Waals surface area (Å²) >= 11 is 0. The molecule has 3 aliphatic rings. The Hall–Kier alpha value is -2.97. The van der Waals surface area contributed by atoms with E-state index in [-0.39, 0.29) is 17.3 Å². The normalized spacial score (nSPS) is 23.6. The Morgan fingerprint density at radius 1 is 1.30 bits per heavy atom. The first-order valence-corrected chi connectivity index (χ1v) is 11.6. The number of ether oxygens (including phenoxy) is 1. The van der Waals surface area contributed by atoms with Crippen molar-refractivity contribution in [1.29, 1.82) is 0 Å². The van der Waals surface area contributed by atoms with Gasteiger partial charge in [-0.1, -0.05) is 6.58 Å². The zero-order chi connectivity index (χ0) is 22.9. The number of hydrazone groups is 1. The van der Waals surface area contributed by atoms with Crippen LogP contribution in [0.25, 0.3) is 10.9 Å². The molecule has 0 aliphatic carbocycles. The van der Waals surface area contributed by atoms with Gasteiger partial charge in [-0.2, -0.15) is 0 Å². The summed E-state index contributed by atoms with van der Waals surface area (Å²) in [4.78, 5) is 14.7. The number of pyridine rings is 1. The number of hydrogen-bond donors (Lipinski definition) is 2. The summed E-state index contributed by atoms with van der Waals surface area (Å²) in [6, 6.07) is 7.09. The van der Waals surface area contributed by atoms with Gasteiger partial charge < -0.3 is 25.4 Å². The fourth-order valence-corrected chi connectivity index (χ4v) is 5.34. The van der Waals surface area contributed by atoms with Crippen molar-refractivity contribution in [3.05, 3.63) is 69.8 Å². The Labute approximate surface area is 192 Å². The van der Waals surface area contributed by atoms with Crippen molar-refractivity contribution in [1.82, 2.24) is 14.8 Å². The third kappa shape index (κ3) is 4.32. The van der Waals surface area contributed by atoms with Crippen molar-refractivity contribution in [3.8, 4) is 0 Å². The molecule has 3 N–H and O–H groups in total. The number of nitrogens with zero attached hydrogens (tertiary/aromatic N) is 3. The number of rotatable bonds is 6. The zero-order valence-electron chi connectivity index (χ0n) is 18.7. The predicted molar refractivity (Wildman–Crippen MR) is 128 cm³/mol. The molecule has 3 aliphatic heterocycles. The van der Waals surface area contributed by atoms with Crippen molar-refractivity contribution in [2.45, 2.75) is 37.8 Å². The predicted octanol–water partition coefficient (Wildman–Crippen LogP) is 2.47. The molecular weight excluding hydrogens is 421 g/mol. The minimum absolute atomic E-state index is 0.00625. The Balaban J connectivity index is 1.15. The highest BCUT2D eigenvalue weighted by Gasteiger charge is 2.31. The smallest absolute Gasteiger partial charge is 0.251 e. The molecule has 5 rings (SSSR count). The lowest BCUT2D eigenvalue weighted by Gasteiger charge is -2.34. The Kier molecular flexibility index (Phi) is 6.03. The minimum Gasteiger partial charge on any atom is -0.476 e. The highest BCUT2D eigenvalue weighted by atomic mass is 19.1. The van der Waals surface area contributed by atoms with Crippen molar-refractivity contribution in [2.75, 3.05) is 32.8 Å². The maximum absolute atomic E-state index is 14.7. The minimum atomic E-state index is -0.205. The van der Waals surface area contributed by atoms with Gasteiger partial charge in [-0.05, 0) is 61.2 Å². The van der Waals surface area contributed by atoms with Crippen LogP contribution in [0.3, 0.4) is 0 Å². The number of benzene rings is 1. The SMILES string of the molecule is C=C(/C=C1/CCO/C1=N/N)CNC1CCN(CC2Cn3c(=O)ccc4ccc(F)c2c43)CC1. The topological polar surface area (TPSA) is 84.9 Å². The summed E-state index contributed by atoms with van der Waals surface area (Å²) in [5.74, 6) is 5.67. The molecule has 174 valence electrons. The van der Waals surface area contributed by atoms with Crippen molar-refractivity contribution < 1.29 is 9.13 Å². The average Bonchev–Trinajstić information content (AvgIpc) is 3.43. The molecule has 7 nitrogen and oxygen atoms in total. The standard InChI is InChI=1S/C25H30FN5O2/c1-16(12-18-8-11-33-25(18)29-27)13-28-20-6-9-30(10-7-20)14-19-15-31-22(32)5-3-17-2-4-21(26)23(19)24(17)31/h2-5,12,19-20,28H,1,6-11,13-15,27H2/b18-12-,29-25+. The molecule has 2 aromatic rings. The monoisotopic (exact) mass is 451 g/mol. The Morgan fingerprint density at radius 2 is 2.09 bits per heavy atom. The lowest BCUT2D eigenvalue weighted by molar-refractivity contribution is 0.186.